The first-order chi connectivity index (χ1) is 7.89. The summed E-state index contributed by atoms with van der Waals surface area (Å²) in [6.07, 6.45) is 1.60. The average Bonchev–Trinajstić information content (AvgIpc) is 2.63. The highest BCUT2D eigenvalue weighted by atomic mass is 35.5. The fourth-order valence-corrected chi connectivity index (χ4v) is 2.20. The van der Waals surface area contributed by atoms with E-state index in [1.807, 2.05) is 0 Å². The fraction of sp³-hybridized carbons (Fsp3) is 0.111. The van der Waals surface area contributed by atoms with Crippen molar-refractivity contribution < 1.29 is 17.8 Å². The number of hydrogen-bond acceptors (Lipinski definition) is 4. The van der Waals surface area contributed by atoms with Gasteiger partial charge in [0.25, 0.3) is 16.0 Å². The molecule has 17 heavy (non-hydrogen) atoms. The highest BCUT2D eigenvalue weighted by Crippen LogP contribution is 2.30. The molecule has 1 N–H and O–H groups in total. The minimum atomic E-state index is -4.31. The molecule has 1 amide bonds. The molecule has 2 rings (SSSR count). The number of amides is 1. The van der Waals surface area contributed by atoms with Gasteiger partial charge in [0.05, 0.1) is 22.0 Å². The van der Waals surface area contributed by atoms with Crippen molar-refractivity contribution >= 4 is 39.5 Å². The minimum absolute atomic E-state index is 0.0209. The van der Waals surface area contributed by atoms with Gasteiger partial charge in [-0.3, -0.25) is 9.35 Å². The van der Waals surface area contributed by atoms with Gasteiger partial charge in [-0.25, -0.2) is 0 Å². The Hall–Kier alpha value is -1.44. The maximum atomic E-state index is 11.4. The van der Waals surface area contributed by atoms with E-state index in [1.54, 1.807) is 0 Å². The van der Waals surface area contributed by atoms with Crippen LogP contribution in [-0.2, 0) is 14.9 Å². The predicted octanol–water partition coefficient (Wildman–Crippen LogP) is 1.31. The molecule has 6 nitrogen and oxygen atoms in total. The second kappa shape index (κ2) is 4.10. The first-order valence-corrected chi connectivity index (χ1v) is 6.34. The molecule has 0 saturated heterocycles. The number of carbonyl (C=O) groups is 1. The first kappa shape index (κ1) is 12.0. The number of carbonyl (C=O) groups excluding carboxylic acids is 1. The van der Waals surface area contributed by atoms with E-state index in [2.05, 4.69) is 5.10 Å². The van der Waals surface area contributed by atoms with Crippen LogP contribution in [-0.4, -0.2) is 25.1 Å². The second-order valence-corrected chi connectivity index (χ2v) is 5.12. The van der Waals surface area contributed by atoms with Crippen LogP contribution in [0.1, 0.15) is 6.42 Å². The van der Waals surface area contributed by atoms with E-state index in [4.69, 9.17) is 16.2 Å². The predicted molar refractivity (Wildman–Crippen MR) is 61.9 cm³/mol. The van der Waals surface area contributed by atoms with Gasteiger partial charge in [-0.15, -0.1) is 0 Å². The summed E-state index contributed by atoms with van der Waals surface area (Å²) >= 11 is 5.84. The first-order valence-electron chi connectivity index (χ1n) is 4.52. The number of halogens is 1. The molecule has 0 aromatic heterocycles. The zero-order chi connectivity index (χ0) is 12.6. The zero-order valence-corrected chi connectivity index (χ0v) is 9.94. The molecule has 0 bridgehead atoms. The molecule has 1 aliphatic rings. The van der Waals surface area contributed by atoms with Gasteiger partial charge >= 0.3 is 0 Å². The Labute approximate surface area is 102 Å². The van der Waals surface area contributed by atoms with Crippen molar-refractivity contribution in [1.82, 2.24) is 0 Å². The standard InChI is InChI=1S/C9H7ClN2O4S/c10-7-5-6(17(14,15)16)1-2-8(7)12-9(13)3-4-11-12/h1-2,4-5H,3H2,(H,14,15,16). The molecule has 1 aromatic rings. The maximum absolute atomic E-state index is 11.4. The Morgan fingerprint density at radius 2 is 2.12 bits per heavy atom. The minimum Gasteiger partial charge on any atom is -0.282 e. The van der Waals surface area contributed by atoms with Crippen molar-refractivity contribution in [2.75, 3.05) is 5.01 Å². The highest BCUT2D eigenvalue weighted by Gasteiger charge is 2.22. The summed E-state index contributed by atoms with van der Waals surface area (Å²) in [6, 6.07) is 3.52. The van der Waals surface area contributed by atoms with E-state index in [0.29, 0.717) is 0 Å². The van der Waals surface area contributed by atoms with E-state index >= 15 is 0 Å². The van der Waals surface area contributed by atoms with Crippen LogP contribution < -0.4 is 5.01 Å². The average molecular weight is 275 g/mol. The Kier molecular flexibility index (Phi) is 2.90. The van der Waals surface area contributed by atoms with E-state index in [9.17, 15) is 13.2 Å². The molecule has 0 spiro atoms. The number of nitrogens with zero attached hydrogens (tertiary/aromatic N) is 2. The molecular weight excluding hydrogens is 268 g/mol. The summed E-state index contributed by atoms with van der Waals surface area (Å²) in [5.74, 6) is -0.258. The van der Waals surface area contributed by atoms with Crippen LogP contribution in [0.15, 0.2) is 28.2 Å². The van der Waals surface area contributed by atoms with Crippen LogP contribution in [0.25, 0.3) is 0 Å². The molecule has 1 heterocycles. The van der Waals surface area contributed by atoms with E-state index in [0.717, 1.165) is 17.1 Å². The third kappa shape index (κ3) is 2.31. The van der Waals surface area contributed by atoms with Gasteiger partial charge in [0.1, 0.15) is 0 Å². The largest absolute Gasteiger partial charge is 0.294 e. The van der Waals surface area contributed by atoms with Gasteiger partial charge in [0.15, 0.2) is 0 Å². The Bertz CT molecular complexity index is 611. The van der Waals surface area contributed by atoms with Crippen LogP contribution in [0.2, 0.25) is 5.02 Å². The Balaban J connectivity index is 2.46. The van der Waals surface area contributed by atoms with Crippen molar-refractivity contribution in [1.29, 1.82) is 0 Å². The quantitative estimate of drug-likeness (QED) is 0.824. The van der Waals surface area contributed by atoms with E-state index in [1.165, 1.54) is 12.3 Å². The van der Waals surface area contributed by atoms with E-state index < -0.39 is 10.1 Å². The normalized spacial score (nSPS) is 15.6. The SMILES string of the molecule is O=C1CC=NN1c1ccc(S(=O)(=O)O)cc1Cl. The molecule has 0 fully saturated rings. The molecule has 0 radical (unpaired) electrons. The van der Waals surface area contributed by atoms with Gasteiger partial charge in [-0.1, -0.05) is 11.6 Å². The molecule has 90 valence electrons. The monoisotopic (exact) mass is 274 g/mol. The van der Waals surface area contributed by atoms with Crippen LogP contribution in [0.4, 0.5) is 5.69 Å². The topological polar surface area (TPSA) is 87.0 Å². The lowest BCUT2D eigenvalue weighted by molar-refractivity contribution is -0.116. The summed E-state index contributed by atoms with van der Waals surface area (Å²) in [5, 5.41) is 4.90. The highest BCUT2D eigenvalue weighted by molar-refractivity contribution is 7.85. The van der Waals surface area contributed by atoms with Gasteiger partial charge < -0.3 is 0 Å². The Morgan fingerprint density at radius 3 is 2.59 bits per heavy atom. The molecule has 0 saturated carbocycles. The number of benzene rings is 1. The lowest BCUT2D eigenvalue weighted by Crippen LogP contribution is -2.20. The molecule has 0 atom stereocenters. The Morgan fingerprint density at radius 1 is 1.41 bits per heavy atom. The number of hydrazone groups is 1. The maximum Gasteiger partial charge on any atom is 0.294 e. The third-order valence-electron chi connectivity index (χ3n) is 2.14. The molecule has 0 unspecified atom stereocenters. The fourth-order valence-electron chi connectivity index (χ4n) is 1.37. The van der Waals surface area contributed by atoms with E-state index in [-0.39, 0.29) is 27.9 Å². The lowest BCUT2D eigenvalue weighted by Gasteiger charge is -2.13. The third-order valence-corrected chi connectivity index (χ3v) is 3.30. The number of hydrogen-bond donors (Lipinski definition) is 1. The zero-order valence-electron chi connectivity index (χ0n) is 8.37. The van der Waals surface area contributed by atoms with Crippen LogP contribution in [0.5, 0.6) is 0 Å². The molecule has 8 heteroatoms. The summed E-state index contributed by atoms with van der Waals surface area (Å²) < 4.78 is 30.6. The number of anilines is 1. The second-order valence-electron chi connectivity index (χ2n) is 3.30. The van der Waals surface area contributed by atoms with Gasteiger partial charge in [0, 0.05) is 6.21 Å². The van der Waals surface area contributed by atoms with Crippen LogP contribution in [0.3, 0.4) is 0 Å². The molecule has 1 aromatic carbocycles. The van der Waals surface area contributed by atoms with Gasteiger partial charge in [-0.2, -0.15) is 18.5 Å². The van der Waals surface area contributed by atoms with Crippen molar-refractivity contribution in [3.8, 4) is 0 Å². The lowest BCUT2D eigenvalue weighted by atomic mass is 10.3. The van der Waals surface area contributed by atoms with Gasteiger partial charge in [-0.05, 0) is 18.2 Å². The molecule has 1 aliphatic heterocycles. The number of rotatable bonds is 2. The van der Waals surface area contributed by atoms with Gasteiger partial charge in [0.2, 0.25) is 0 Å². The smallest absolute Gasteiger partial charge is 0.282 e. The van der Waals surface area contributed by atoms with Crippen molar-refractivity contribution in [3.05, 3.63) is 23.2 Å². The van der Waals surface area contributed by atoms with Crippen LogP contribution >= 0.6 is 11.6 Å². The van der Waals surface area contributed by atoms with Crippen molar-refractivity contribution in [2.45, 2.75) is 11.3 Å². The molecular formula is C9H7ClN2O4S. The summed E-state index contributed by atoms with van der Waals surface area (Å²) in [4.78, 5) is 11.1. The summed E-state index contributed by atoms with van der Waals surface area (Å²) in [7, 11) is -4.31. The summed E-state index contributed by atoms with van der Waals surface area (Å²) in [5.41, 5.74) is 0.276. The molecule has 0 aliphatic carbocycles. The summed E-state index contributed by atoms with van der Waals surface area (Å²) in [6.45, 7) is 0. The van der Waals surface area contributed by atoms with Crippen LogP contribution in [0, 0.1) is 0 Å². The van der Waals surface area contributed by atoms with Crippen molar-refractivity contribution in [3.63, 3.8) is 0 Å². The van der Waals surface area contributed by atoms with Crippen molar-refractivity contribution in [2.24, 2.45) is 5.10 Å².